The Morgan fingerprint density at radius 3 is 2.55 bits per heavy atom. The van der Waals surface area contributed by atoms with Gasteiger partial charge in [-0.2, -0.15) is 0 Å². The molecule has 0 atom stereocenters. The summed E-state index contributed by atoms with van der Waals surface area (Å²) in [6.45, 7) is 0. The third-order valence-electron chi connectivity index (χ3n) is 2.67. The first-order valence-corrected chi connectivity index (χ1v) is 6.14. The van der Waals surface area contributed by atoms with Crippen molar-refractivity contribution >= 4 is 34.5 Å². The van der Waals surface area contributed by atoms with Gasteiger partial charge in [0.15, 0.2) is 0 Å². The minimum absolute atomic E-state index is 0.0815. The van der Waals surface area contributed by atoms with Crippen LogP contribution in [0, 0.1) is 5.82 Å². The zero-order valence-electron chi connectivity index (χ0n) is 10.4. The summed E-state index contributed by atoms with van der Waals surface area (Å²) in [6, 6.07) is 10.7. The second-order valence-corrected chi connectivity index (χ2v) is 4.56. The highest BCUT2D eigenvalue weighted by Crippen LogP contribution is 2.22. The fourth-order valence-corrected chi connectivity index (χ4v) is 1.90. The Hall–Kier alpha value is -2.47. The van der Waals surface area contributed by atoms with Crippen molar-refractivity contribution in [3.63, 3.8) is 0 Å². The van der Waals surface area contributed by atoms with Gasteiger partial charge in [0.1, 0.15) is 10.8 Å². The van der Waals surface area contributed by atoms with Gasteiger partial charge in [-0.05, 0) is 36.4 Å². The van der Waals surface area contributed by atoms with Gasteiger partial charge < -0.3 is 16.8 Å². The number of rotatable bonds is 4. The lowest BCUT2D eigenvalue weighted by Crippen LogP contribution is -2.13. The fraction of sp³-hybridized carbons (Fsp3) is 0. The van der Waals surface area contributed by atoms with E-state index in [9.17, 15) is 9.18 Å². The van der Waals surface area contributed by atoms with Gasteiger partial charge in [0.25, 0.3) is 0 Å². The number of carbonyl (C=O) groups excluding carboxylic acids is 1. The SMILES string of the molecule is NC(=O)c1cccc(Nc2ccc(F)cc2C(N)=S)c1. The van der Waals surface area contributed by atoms with Gasteiger partial charge in [-0.25, -0.2) is 4.39 Å². The third-order valence-corrected chi connectivity index (χ3v) is 2.89. The lowest BCUT2D eigenvalue weighted by Gasteiger charge is -2.12. The maximum atomic E-state index is 13.2. The van der Waals surface area contributed by atoms with E-state index in [2.05, 4.69) is 5.32 Å². The van der Waals surface area contributed by atoms with Gasteiger partial charge in [0.05, 0.1) is 0 Å². The van der Waals surface area contributed by atoms with Crippen LogP contribution in [0.4, 0.5) is 15.8 Å². The van der Waals surface area contributed by atoms with Crippen LogP contribution in [0.5, 0.6) is 0 Å². The maximum Gasteiger partial charge on any atom is 0.248 e. The molecule has 0 saturated carbocycles. The molecule has 4 nitrogen and oxygen atoms in total. The van der Waals surface area contributed by atoms with E-state index < -0.39 is 11.7 Å². The molecule has 0 unspecified atom stereocenters. The summed E-state index contributed by atoms with van der Waals surface area (Å²) in [5.41, 5.74) is 12.7. The summed E-state index contributed by atoms with van der Waals surface area (Å²) in [4.78, 5) is 11.2. The average molecular weight is 289 g/mol. The lowest BCUT2D eigenvalue weighted by molar-refractivity contribution is 0.100. The van der Waals surface area contributed by atoms with E-state index in [1.54, 1.807) is 24.3 Å². The van der Waals surface area contributed by atoms with Crippen molar-refractivity contribution in [1.82, 2.24) is 0 Å². The molecule has 20 heavy (non-hydrogen) atoms. The van der Waals surface area contributed by atoms with Crippen LogP contribution in [-0.2, 0) is 0 Å². The van der Waals surface area contributed by atoms with Gasteiger partial charge in [0.2, 0.25) is 5.91 Å². The van der Waals surface area contributed by atoms with E-state index in [-0.39, 0.29) is 4.99 Å². The molecule has 0 bridgehead atoms. The Labute approximate surface area is 120 Å². The largest absolute Gasteiger partial charge is 0.389 e. The maximum absolute atomic E-state index is 13.2. The molecule has 2 aromatic carbocycles. The molecule has 102 valence electrons. The summed E-state index contributed by atoms with van der Waals surface area (Å²) in [5.74, 6) is -0.952. The molecule has 0 aromatic heterocycles. The number of thiocarbonyl (C=S) groups is 1. The summed E-state index contributed by atoms with van der Waals surface area (Å²) in [5, 5.41) is 3.03. The Morgan fingerprint density at radius 2 is 1.90 bits per heavy atom. The predicted molar refractivity (Wildman–Crippen MR) is 80.5 cm³/mol. The molecule has 6 heteroatoms. The standard InChI is InChI=1S/C14H12FN3OS/c15-9-4-5-12(11(7-9)14(17)20)18-10-3-1-2-8(6-10)13(16)19/h1-7,18H,(H2,16,19)(H2,17,20). The number of primary amides is 1. The Bertz CT molecular complexity index is 688. The van der Waals surface area contributed by atoms with Crippen molar-refractivity contribution in [3.05, 3.63) is 59.4 Å². The second kappa shape index (κ2) is 5.66. The molecular formula is C14H12FN3OS. The van der Waals surface area contributed by atoms with Crippen LogP contribution in [0.3, 0.4) is 0 Å². The van der Waals surface area contributed by atoms with E-state index in [0.717, 1.165) is 0 Å². The van der Waals surface area contributed by atoms with Crippen molar-refractivity contribution in [2.45, 2.75) is 0 Å². The first-order chi connectivity index (χ1) is 9.47. The van der Waals surface area contributed by atoms with Gasteiger partial charge in [0, 0.05) is 22.5 Å². The Kier molecular flexibility index (Phi) is 3.95. The van der Waals surface area contributed by atoms with Gasteiger partial charge in [-0.15, -0.1) is 0 Å². The summed E-state index contributed by atoms with van der Waals surface area (Å²) in [6.07, 6.45) is 0. The molecular weight excluding hydrogens is 277 g/mol. The smallest absolute Gasteiger partial charge is 0.248 e. The molecule has 2 rings (SSSR count). The number of halogens is 1. The van der Waals surface area contributed by atoms with Crippen LogP contribution in [-0.4, -0.2) is 10.9 Å². The van der Waals surface area contributed by atoms with Crippen LogP contribution in [0.2, 0.25) is 0 Å². The number of anilines is 2. The second-order valence-electron chi connectivity index (χ2n) is 4.12. The van der Waals surface area contributed by atoms with Crippen molar-refractivity contribution in [2.75, 3.05) is 5.32 Å². The highest BCUT2D eigenvalue weighted by Gasteiger charge is 2.08. The number of nitrogens with two attached hydrogens (primary N) is 2. The van der Waals surface area contributed by atoms with Crippen LogP contribution in [0.1, 0.15) is 15.9 Å². The van der Waals surface area contributed by atoms with E-state index in [1.165, 1.54) is 18.2 Å². The fourth-order valence-electron chi connectivity index (χ4n) is 1.74. The van der Waals surface area contributed by atoms with Gasteiger partial charge in [-0.3, -0.25) is 4.79 Å². The third kappa shape index (κ3) is 3.10. The molecule has 2 aromatic rings. The summed E-state index contributed by atoms with van der Waals surface area (Å²) in [7, 11) is 0. The first-order valence-electron chi connectivity index (χ1n) is 5.73. The average Bonchev–Trinajstić information content (AvgIpc) is 2.41. The van der Waals surface area contributed by atoms with Crippen LogP contribution >= 0.6 is 12.2 Å². The Balaban J connectivity index is 2.37. The van der Waals surface area contributed by atoms with Crippen molar-refractivity contribution in [2.24, 2.45) is 11.5 Å². The van der Waals surface area contributed by atoms with E-state index in [0.29, 0.717) is 22.5 Å². The first kappa shape index (κ1) is 14.0. The van der Waals surface area contributed by atoms with E-state index in [1.807, 2.05) is 0 Å². The highest BCUT2D eigenvalue weighted by atomic mass is 32.1. The predicted octanol–water partition coefficient (Wildman–Crippen LogP) is 2.30. The number of amides is 1. The molecule has 0 fully saturated rings. The number of hydrogen-bond donors (Lipinski definition) is 3. The topological polar surface area (TPSA) is 81.1 Å². The molecule has 0 aliphatic carbocycles. The molecule has 5 N–H and O–H groups in total. The van der Waals surface area contributed by atoms with E-state index >= 15 is 0 Å². The number of hydrogen-bond acceptors (Lipinski definition) is 3. The molecule has 1 amide bonds. The minimum atomic E-state index is -0.526. The molecule has 0 aliphatic heterocycles. The number of nitrogens with one attached hydrogen (secondary N) is 1. The Morgan fingerprint density at radius 1 is 1.15 bits per heavy atom. The zero-order chi connectivity index (χ0) is 14.7. The van der Waals surface area contributed by atoms with Crippen molar-refractivity contribution in [3.8, 4) is 0 Å². The van der Waals surface area contributed by atoms with Crippen molar-refractivity contribution in [1.29, 1.82) is 0 Å². The molecule has 0 saturated heterocycles. The quantitative estimate of drug-likeness (QED) is 0.754. The molecule has 0 spiro atoms. The summed E-state index contributed by atoms with van der Waals surface area (Å²) < 4.78 is 13.2. The normalized spacial score (nSPS) is 10.1. The molecule has 0 aliphatic rings. The molecule has 0 heterocycles. The number of benzene rings is 2. The number of carbonyl (C=O) groups is 1. The van der Waals surface area contributed by atoms with Crippen molar-refractivity contribution < 1.29 is 9.18 Å². The van der Waals surface area contributed by atoms with Crippen LogP contribution in [0.25, 0.3) is 0 Å². The highest BCUT2D eigenvalue weighted by molar-refractivity contribution is 7.80. The van der Waals surface area contributed by atoms with Gasteiger partial charge in [-0.1, -0.05) is 18.3 Å². The van der Waals surface area contributed by atoms with E-state index in [4.69, 9.17) is 23.7 Å². The molecule has 0 radical (unpaired) electrons. The van der Waals surface area contributed by atoms with Gasteiger partial charge >= 0.3 is 0 Å². The summed E-state index contributed by atoms with van der Waals surface area (Å²) >= 11 is 4.89. The zero-order valence-corrected chi connectivity index (χ0v) is 11.2. The lowest BCUT2D eigenvalue weighted by atomic mass is 10.1. The van der Waals surface area contributed by atoms with Crippen LogP contribution in [0.15, 0.2) is 42.5 Å². The monoisotopic (exact) mass is 289 g/mol. The van der Waals surface area contributed by atoms with Crippen LogP contribution < -0.4 is 16.8 Å². The minimum Gasteiger partial charge on any atom is -0.389 e.